The predicted octanol–water partition coefficient (Wildman–Crippen LogP) is 2.70. The minimum atomic E-state index is -0.271. The van der Waals surface area contributed by atoms with Gasteiger partial charge in [-0.05, 0) is 53.2 Å². The molecule has 10 heteroatoms. The molecule has 0 aliphatic heterocycles. The number of para-hydroxylation sites is 1. The van der Waals surface area contributed by atoms with E-state index in [1.165, 1.54) is 11.8 Å². The quantitative estimate of drug-likeness (QED) is 0.302. The van der Waals surface area contributed by atoms with E-state index in [1.54, 1.807) is 18.0 Å². The smallest absolute Gasteiger partial charge is 0.250 e. The molecule has 0 atom stereocenters. The second-order valence-corrected chi connectivity index (χ2v) is 6.98. The molecule has 3 rings (SSSR count). The lowest BCUT2D eigenvalue weighted by Gasteiger charge is -2.07. The Kier molecular flexibility index (Phi) is 7.78. The van der Waals surface area contributed by atoms with Crippen molar-refractivity contribution < 1.29 is 14.3 Å². The van der Waals surface area contributed by atoms with Crippen LogP contribution in [0.4, 0.5) is 0 Å². The molecule has 0 saturated heterocycles. The zero-order chi connectivity index (χ0) is 21.2. The number of thioether (sulfide) groups is 1. The molecule has 0 bridgehead atoms. The van der Waals surface area contributed by atoms with Gasteiger partial charge in [0.25, 0.3) is 5.91 Å². The average molecular weight is 427 g/mol. The monoisotopic (exact) mass is 426 g/mol. The van der Waals surface area contributed by atoms with E-state index in [0.717, 1.165) is 29.2 Å². The minimum absolute atomic E-state index is 0.113. The third kappa shape index (κ3) is 5.80. The van der Waals surface area contributed by atoms with E-state index in [1.807, 2.05) is 55.5 Å². The van der Waals surface area contributed by atoms with Gasteiger partial charge in [0.15, 0.2) is 0 Å². The van der Waals surface area contributed by atoms with Gasteiger partial charge in [0.2, 0.25) is 5.16 Å². The van der Waals surface area contributed by atoms with Crippen molar-refractivity contribution in [3.05, 3.63) is 54.1 Å². The van der Waals surface area contributed by atoms with Gasteiger partial charge in [0, 0.05) is 5.56 Å². The van der Waals surface area contributed by atoms with E-state index >= 15 is 0 Å². The van der Waals surface area contributed by atoms with Crippen LogP contribution in [0.5, 0.6) is 11.5 Å². The molecule has 1 aromatic heterocycles. The molecule has 3 aromatic rings. The Labute approximate surface area is 178 Å². The molecule has 156 valence electrons. The molecule has 0 unspecified atom stereocenters. The normalized spacial score (nSPS) is 10.9. The van der Waals surface area contributed by atoms with E-state index in [0.29, 0.717) is 11.8 Å². The number of nitrogens with zero attached hydrogens (tertiary/aromatic N) is 5. The lowest BCUT2D eigenvalue weighted by atomic mass is 10.2. The predicted molar refractivity (Wildman–Crippen MR) is 114 cm³/mol. The molecule has 30 heavy (non-hydrogen) atoms. The molecule has 0 spiro atoms. The maximum Gasteiger partial charge on any atom is 0.250 e. The van der Waals surface area contributed by atoms with Crippen molar-refractivity contribution in [2.75, 3.05) is 19.5 Å². The van der Waals surface area contributed by atoms with Crippen molar-refractivity contribution in [2.24, 2.45) is 5.10 Å². The number of hydrogen-bond acceptors (Lipinski definition) is 8. The van der Waals surface area contributed by atoms with Gasteiger partial charge >= 0.3 is 0 Å². The number of tetrazole rings is 1. The van der Waals surface area contributed by atoms with Crippen molar-refractivity contribution in [2.45, 2.75) is 18.5 Å². The summed E-state index contributed by atoms with van der Waals surface area (Å²) in [7, 11) is 1.60. The Hall–Kier alpha value is -3.40. The molecule has 0 radical (unpaired) electrons. The SMILES string of the molecule is CCCOc1ccccc1/C=N/NC(=O)CSc1nnnn1-c1ccc(OC)cc1. The molecule has 0 aliphatic carbocycles. The lowest BCUT2D eigenvalue weighted by Crippen LogP contribution is -2.20. The number of hydrazone groups is 1. The van der Waals surface area contributed by atoms with E-state index in [9.17, 15) is 4.79 Å². The first kappa shape index (κ1) is 21.3. The molecule has 1 heterocycles. The Morgan fingerprint density at radius 3 is 2.80 bits per heavy atom. The summed E-state index contributed by atoms with van der Waals surface area (Å²) in [6, 6.07) is 14.8. The number of amides is 1. The first-order valence-corrected chi connectivity index (χ1v) is 10.3. The average Bonchev–Trinajstić information content (AvgIpc) is 3.26. The third-order valence-electron chi connectivity index (χ3n) is 3.86. The summed E-state index contributed by atoms with van der Waals surface area (Å²) in [6.07, 6.45) is 2.48. The number of methoxy groups -OCH3 is 1. The van der Waals surface area contributed by atoms with Crippen LogP contribution in [0, 0.1) is 0 Å². The van der Waals surface area contributed by atoms with Crippen molar-refractivity contribution >= 4 is 23.9 Å². The number of hydrogen-bond donors (Lipinski definition) is 1. The molecule has 0 aliphatic rings. The highest BCUT2D eigenvalue weighted by molar-refractivity contribution is 7.99. The Balaban J connectivity index is 1.55. The summed E-state index contributed by atoms with van der Waals surface area (Å²) >= 11 is 1.21. The van der Waals surface area contributed by atoms with E-state index in [4.69, 9.17) is 9.47 Å². The van der Waals surface area contributed by atoms with Crippen LogP contribution in [0.25, 0.3) is 5.69 Å². The molecule has 1 N–H and O–H groups in total. The second-order valence-electron chi connectivity index (χ2n) is 6.04. The van der Waals surface area contributed by atoms with E-state index in [-0.39, 0.29) is 11.7 Å². The van der Waals surface area contributed by atoms with Crippen LogP contribution in [0.3, 0.4) is 0 Å². The van der Waals surface area contributed by atoms with Gasteiger partial charge in [-0.15, -0.1) is 5.10 Å². The highest BCUT2D eigenvalue weighted by Crippen LogP contribution is 2.20. The van der Waals surface area contributed by atoms with Crippen LogP contribution in [-0.4, -0.2) is 51.8 Å². The molecular weight excluding hydrogens is 404 g/mol. The van der Waals surface area contributed by atoms with Crippen molar-refractivity contribution in [3.8, 4) is 17.2 Å². The molecular formula is C20H22N6O3S. The van der Waals surface area contributed by atoms with Crippen LogP contribution in [0.1, 0.15) is 18.9 Å². The fourth-order valence-corrected chi connectivity index (χ4v) is 3.10. The second kappa shape index (κ2) is 11.0. The number of aromatic nitrogens is 4. The first-order valence-electron chi connectivity index (χ1n) is 9.30. The number of carbonyl (C=O) groups excluding carboxylic acids is 1. The summed E-state index contributed by atoms with van der Waals surface area (Å²) in [5, 5.41) is 16.2. The minimum Gasteiger partial charge on any atom is -0.497 e. The van der Waals surface area contributed by atoms with Gasteiger partial charge in [-0.3, -0.25) is 4.79 Å². The Morgan fingerprint density at radius 2 is 2.03 bits per heavy atom. The van der Waals surface area contributed by atoms with E-state index < -0.39 is 0 Å². The number of rotatable bonds is 10. The van der Waals surface area contributed by atoms with Crippen LogP contribution in [0.15, 0.2) is 58.8 Å². The van der Waals surface area contributed by atoms with Crippen LogP contribution >= 0.6 is 11.8 Å². The summed E-state index contributed by atoms with van der Waals surface area (Å²) in [6.45, 7) is 2.66. The van der Waals surface area contributed by atoms with Gasteiger partial charge in [0.1, 0.15) is 11.5 Å². The summed E-state index contributed by atoms with van der Waals surface area (Å²) in [4.78, 5) is 12.1. The van der Waals surface area contributed by atoms with Gasteiger partial charge in [-0.2, -0.15) is 9.78 Å². The van der Waals surface area contributed by atoms with Gasteiger partial charge in [0.05, 0.1) is 31.4 Å². The largest absolute Gasteiger partial charge is 0.497 e. The maximum atomic E-state index is 12.1. The molecule has 1 amide bonds. The third-order valence-corrected chi connectivity index (χ3v) is 4.78. The van der Waals surface area contributed by atoms with Gasteiger partial charge < -0.3 is 9.47 Å². The lowest BCUT2D eigenvalue weighted by molar-refractivity contribution is -0.118. The standard InChI is InChI=1S/C20H22N6O3S/c1-3-12-29-18-7-5-4-6-15(18)13-21-22-19(27)14-30-20-23-24-25-26(20)16-8-10-17(28-2)11-9-16/h4-11,13H,3,12,14H2,1-2H3,(H,22,27)/b21-13+. The fourth-order valence-electron chi connectivity index (χ4n) is 2.42. The summed E-state index contributed by atoms with van der Waals surface area (Å²) in [5.74, 6) is 1.31. The van der Waals surface area contributed by atoms with Gasteiger partial charge in [-0.1, -0.05) is 30.8 Å². The zero-order valence-electron chi connectivity index (χ0n) is 16.7. The van der Waals surface area contributed by atoms with Crippen LogP contribution in [0.2, 0.25) is 0 Å². The summed E-state index contributed by atoms with van der Waals surface area (Å²) < 4.78 is 12.4. The topological polar surface area (TPSA) is 104 Å². The maximum absolute atomic E-state index is 12.1. The van der Waals surface area contributed by atoms with E-state index in [2.05, 4.69) is 26.1 Å². The van der Waals surface area contributed by atoms with Crippen molar-refractivity contribution in [1.82, 2.24) is 25.6 Å². The molecule has 2 aromatic carbocycles. The van der Waals surface area contributed by atoms with Crippen LogP contribution in [-0.2, 0) is 4.79 Å². The summed E-state index contributed by atoms with van der Waals surface area (Å²) in [5.41, 5.74) is 4.07. The Bertz CT molecular complexity index is 990. The zero-order valence-corrected chi connectivity index (χ0v) is 17.5. The fraction of sp³-hybridized carbons (Fsp3) is 0.250. The highest BCUT2D eigenvalue weighted by Gasteiger charge is 2.11. The first-order chi connectivity index (χ1) is 14.7. The number of nitrogens with one attached hydrogen (secondary N) is 1. The molecule has 9 nitrogen and oxygen atoms in total. The highest BCUT2D eigenvalue weighted by atomic mass is 32.2. The number of ether oxygens (including phenoxy) is 2. The number of benzene rings is 2. The molecule has 0 saturated carbocycles. The number of carbonyl (C=O) groups is 1. The van der Waals surface area contributed by atoms with Crippen LogP contribution < -0.4 is 14.9 Å². The Morgan fingerprint density at radius 1 is 1.23 bits per heavy atom. The van der Waals surface area contributed by atoms with Gasteiger partial charge in [-0.25, -0.2) is 5.43 Å². The van der Waals surface area contributed by atoms with Crippen molar-refractivity contribution in [1.29, 1.82) is 0 Å². The molecule has 0 fully saturated rings. The van der Waals surface area contributed by atoms with Crippen molar-refractivity contribution in [3.63, 3.8) is 0 Å².